The van der Waals surface area contributed by atoms with Crippen LogP contribution in [0.2, 0.25) is 0 Å². The van der Waals surface area contributed by atoms with Crippen LogP contribution in [0.4, 0.5) is 13.2 Å². The van der Waals surface area contributed by atoms with Crippen molar-refractivity contribution in [2.24, 2.45) is 17.8 Å². The quantitative estimate of drug-likeness (QED) is 0.534. The smallest absolute Gasteiger partial charge is 0.171 e. The summed E-state index contributed by atoms with van der Waals surface area (Å²) in [5.41, 5.74) is 0. The third kappa shape index (κ3) is 2.39. The van der Waals surface area contributed by atoms with E-state index in [1.54, 1.807) is 0 Å². The van der Waals surface area contributed by atoms with Gasteiger partial charge < -0.3 is 0 Å². The second kappa shape index (κ2) is 3.27. The number of halogens is 3. The topological polar surface area (TPSA) is 0 Å². The van der Waals surface area contributed by atoms with Crippen LogP contribution in [0.15, 0.2) is 0 Å². The first kappa shape index (κ1) is 9.87. The Morgan fingerprint density at radius 2 is 1.33 bits per heavy atom. The summed E-state index contributed by atoms with van der Waals surface area (Å²) in [6, 6.07) is 0. The average Bonchev–Trinajstić information content (AvgIpc) is 1.82. The fourth-order valence-electron chi connectivity index (χ4n) is 2.21. The van der Waals surface area contributed by atoms with E-state index in [0.29, 0.717) is 12.8 Å². The number of hydrogen-bond donors (Lipinski definition) is 0. The molecule has 0 radical (unpaired) electrons. The molecule has 0 amide bonds. The van der Waals surface area contributed by atoms with Gasteiger partial charge in [-0.25, -0.2) is 0 Å². The Kier molecular flexibility index (Phi) is 2.69. The molecular formula is C9H15F3. The van der Waals surface area contributed by atoms with Gasteiger partial charge in [0.1, 0.15) is 0 Å². The van der Waals surface area contributed by atoms with Gasteiger partial charge in [-0.15, -0.1) is 0 Å². The molecule has 0 aliphatic heterocycles. The molecule has 1 saturated carbocycles. The monoisotopic (exact) mass is 180 g/mol. The third-order valence-corrected chi connectivity index (χ3v) is 2.64. The van der Waals surface area contributed by atoms with Crippen LogP contribution in [0, 0.1) is 17.8 Å². The first-order valence-corrected chi connectivity index (χ1v) is 4.46. The molecule has 3 heteroatoms. The Balaban J connectivity index is 2.55. The molecule has 0 saturated heterocycles. The third-order valence-electron chi connectivity index (χ3n) is 2.64. The van der Waals surface area contributed by atoms with Crippen molar-refractivity contribution in [2.45, 2.75) is 39.3 Å². The molecule has 3 atom stereocenters. The van der Waals surface area contributed by atoms with Gasteiger partial charge in [-0.05, 0) is 31.1 Å². The van der Waals surface area contributed by atoms with Crippen molar-refractivity contribution in [3.8, 4) is 0 Å². The zero-order valence-electron chi connectivity index (χ0n) is 7.49. The summed E-state index contributed by atoms with van der Waals surface area (Å²) in [6.45, 7) is 3.82. The summed E-state index contributed by atoms with van der Waals surface area (Å²) in [5.74, 6) is -0.572. The molecule has 0 aromatic rings. The lowest BCUT2D eigenvalue weighted by Crippen LogP contribution is -2.31. The normalized spacial score (nSPS) is 38.2. The van der Waals surface area contributed by atoms with Crippen molar-refractivity contribution in [1.29, 1.82) is 0 Å². The van der Waals surface area contributed by atoms with Gasteiger partial charge in [0.15, 0.2) is 0 Å². The first-order valence-electron chi connectivity index (χ1n) is 4.46. The predicted octanol–water partition coefficient (Wildman–Crippen LogP) is 3.62. The van der Waals surface area contributed by atoms with E-state index in [2.05, 4.69) is 0 Å². The zero-order valence-corrected chi connectivity index (χ0v) is 7.49. The van der Waals surface area contributed by atoms with E-state index < -0.39 is 12.1 Å². The van der Waals surface area contributed by atoms with Gasteiger partial charge in [-0.1, -0.05) is 13.8 Å². The van der Waals surface area contributed by atoms with E-state index >= 15 is 0 Å². The molecule has 2 unspecified atom stereocenters. The molecule has 0 nitrogen and oxygen atoms in total. The van der Waals surface area contributed by atoms with Crippen LogP contribution in [0.5, 0.6) is 0 Å². The van der Waals surface area contributed by atoms with E-state index in [0.717, 1.165) is 6.42 Å². The van der Waals surface area contributed by atoms with Gasteiger partial charge in [0, 0.05) is 0 Å². The van der Waals surface area contributed by atoms with Crippen molar-refractivity contribution in [2.75, 3.05) is 0 Å². The second-order valence-electron chi connectivity index (χ2n) is 4.16. The fourth-order valence-corrected chi connectivity index (χ4v) is 2.21. The molecule has 0 aromatic heterocycles. The summed E-state index contributed by atoms with van der Waals surface area (Å²) in [5, 5.41) is 0. The van der Waals surface area contributed by atoms with Crippen LogP contribution in [0.25, 0.3) is 0 Å². The van der Waals surface area contributed by atoms with E-state index in [9.17, 15) is 13.2 Å². The Labute approximate surface area is 71.1 Å². The van der Waals surface area contributed by atoms with Gasteiger partial charge in [0.05, 0.1) is 5.92 Å². The molecule has 1 aliphatic rings. The molecule has 1 fully saturated rings. The van der Waals surface area contributed by atoms with E-state index in [4.69, 9.17) is 0 Å². The lowest BCUT2D eigenvalue weighted by molar-refractivity contribution is -0.189. The zero-order chi connectivity index (χ0) is 9.35. The Bertz CT molecular complexity index is 140. The summed E-state index contributed by atoms with van der Waals surface area (Å²) in [7, 11) is 0. The minimum Gasteiger partial charge on any atom is -0.171 e. The second-order valence-corrected chi connectivity index (χ2v) is 4.16. The molecule has 12 heavy (non-hydrogen) atoms. The van der Waals surface area contributed by atoms with Crippen LogP contribution >= 0.6 is 0 Å². The molecule has 0 spiro atoms. The summed E-state index contributed by atoms with van der Waals surface area (Å²) >= 11 is 0. The van der Waals surface area contributed by atoms with Gasteiger partial charge in [0.25, 0.3) is 0 Å². The molecule has 1 rings (SSSR count). The van der Waals surface area contributed by atoms with Crippen LogP contribution in [-0.2, 0) is 0 Å². The van der Waals surface area contributed by atoms with E-state index in [1.165, 1.54) is 0 Å². The van der Waals surface area contributed by atoms with Gasteiger partial charge in [0.2, 0.25) is 0 Å². The summed E-state index contributed by atoms with van der Waals surface area (Å²) in [4.78, 5) is 0. The van der Waals surface area contributed by atoms with Crippen LogP contribution < -0.4 is 0 Å². The summed E-state index contributed by atoms with van der Waals surface area (Å²) in [6.07, 6.45) is -2.36. The molecule has 0 bridgehead atoms. The lowest BCUT2D eigenvalue weighted by atomic mass is 9.76. The van der Waals surface area contributed by atoms with Gasteiger partial charge >= 0.3 is 6.18 Å². The van der Waals surface area contributed by atoms with Crippen LogP contribution in [-0.4, -0.2) is 6.18 Å². The number of alkyl halides is 3. The highest BCUT2D eigenvalue weighted by atomic mass is 19.4. The largest absolute Gasteiger partial charge is 0.391 e. The average molecular weight is 180 g/mol. The SMILES string of the molecule is CC1CC(C(F)(F)F)C[C@@H](C)C1. The maximum absolute atomic E-state index is 12.3. The molecular weight excluding hydrogens is 165 g/mol. The maximum atomic E-state index is 12.3. The summed E-state index contributed by atoms with van der Waals surface area (Å²) < 4.78 is 36.9. The van der Waals surface area contributed by atoms with Gasteiger partial charge in [-0.3, -0.25) is 0 Å². The van der Waals surface area contributed by atoms with Crippen molar-refractivity contribution < 1.29 is 13.2 Å². The highest BCUT2D eigenvalue weighted by molar-refractivity contribution is 4.79. The van der Waals surface area contributed by atoms with Crippen molar-refractivity contribution >= 4 is 0 Å². The van der Waals surface area contributed by atoms with Crippen molar-refractivity contribution in [3.05, 3.63) is 0 Å². The Morgan fingerprint density at radius 3 is 1.67 bits per heavy atom. The highest BCUT2D eigenvalue weighted by Crippen LogP contribution is 2.41. The van der Waals surface area contributed by atoms with Crippen molar-refractivity contribution in [3.63, 3.8) is 0 Å². The maximum Gasteiger partial charge on any atom is 0.391 e. The van der Waals surface area contributed by atoms with Crippen LogP contribution in [0.1, 0.15) is 33.1 Å². The minimum absolute atomic E-state index is 0.236. The molecule has 0 N–H and O–H groups in total. The molecule has 0 heterocycles. The minimum atomic E-state index is -3.97. The standard InChI is InChI=1S/C9H15F3/c1-6-3-7(2)5-8(4-6)9(10,11)12/h6-8H,3-5H2,1-2H3/t6-,7?,8?/m0/s1. The Hall–Kier alpha value is -0.210. The molecule has 72 valence electrons. The molecule has 0 aromatic carbocycles. The number of hydrogen-bond acceptors (Lipinski definition) is 0. The van der Waals surface area contributed by atoms with Crippen molar-refractivity contribution in [1.82, 2.24) is 0 Å². The van der Waals surface area contributed by atoms with Gasteiger partial charge in [-0.2, -0.15) is 13.2 Å². The molecule has 1 aliphatic carbocycles. The Morgan fingerprint density at radius 1 is 0.917 bits per heavy atom. The highest BCUT2D eigenvalue weighted by Gasteiger charge is 2.42. The first-order chi connectivity index (χ1) is 5.39. The number of rotatable bonds is 0. The lowest BCUT2D eigenvalue weighted by Gasteiger charge is -2.32. The predicted molar refractivity (Wildman–Crippen MR) is 41.7 cm³/mol. The van der Waals surface area contributed by atoms with E-state index in [1.807, 2.05) is 13.8 Å². The van der Waals surface area contributed by atoms with Crippen LogP contribution in [0.3, 0.4) is 0 Å². The van der Waals surface area contributed by atoms with E-state index in [-0.39, 0.29) is 11.8 Å². The fraction of sp³-hybridized carbons (Fsp3) is 1.00.